The van der Waals surface area contributed by atoms with Crippen LogP contribution in [0.2, 0.25) is 0 Å². The highest BCUT2D eigenvalue weighted by atomic mass is 15.3. The summed E-state index contributed by atoms with van der Waals surface area (Å²) in [5.41, 5.74) is 2.88. The van der Waals surface area contributed by atoms with Crippen LogP contribution < -0.4 is 5.32 Å². The zero-order valence-electron chi connectivity index (χ0n) is 15.5. The van der Waals surface area contributed by atoms with Gasteiger partial charge < -0.3 is 14.8 Å². The number of benzene rings is 1. The van der Waals surface area contributed by atoms with Gasteiger partial charge in [-0.05, 0) is 50.7 Å². The summed E-state index contributed by atoms with van der Waals surface area (Å²) in [5.74, 6) is 2.16. The van der Waals surface area contributed by atoms with Crippen LogP contribution in [0.1, 0.15) is 38.4 Å². The molecular formula is C20H29N5. The van der Waals surface area contributed by atoms with Crippen LogP contribution in [0.4, 0.5) is 0 Å². The second kappa shape index (κ2) is 6.70. The summed E-state index contributed by atoms with van der Waals surface area (Å²) in [6.07, 6.45) is 5.56. The lowest BCUT2D eigenvalue weighted by Gasteiger charge is -2.38. The second-order valence-electron chi connectivity index (χ2n) is 7.56. The molecule has 0 atom stereocenters. The zero-order valence-corrected chi connectivity index (χ0v) is 15.5. The molecule has 2 heterocycles. The summed E-state index contributed by atoms with van der Waals surface area (Å²) in [6.45, 7) is 9.15. The van der Waals surface area contributed by atoms with E-state index in [0.717, 1.165) is 43.5 Å². The molecule has 0 unspecified atom stereocenters. The normalized spacial score (nSPS) is 19.6. The Morgan fingerprint density at radius 1 is 1.28 bits per heavy atom. The summed E-state index contributed by atoms with van der Waals surface area (Å²) in [6, 6.07) is 8.35. The lowest BCUT2D eigenvalue weighted by Crippen LogP contribution is -2.42. The highest BCUT2D eigenvalue weighted by Crippen LogP contribution is 2.47. The molecule has 5 nitrogen and oxygen atoms in total. The van der Waals surface area contributed by atoms with Crippen molar-refractivity contribution in [2.24, 2.45) is 10.4 Å². The van der Waals surface area contributed by atoms with Gasteiger partial charge in [0.15, 0.2) is 5.96 Å². The fourth-order valence-corrected chi connectivity index (χ4v) is 4.36. The van der Waals surface area contributed by atoms with Gasteiger partial charge in [0.05, 0.1) is 17.6 Å². The van der Waals surface area contributed by atoms with Crippen molar-refractivity contribution in [3.8, 4) is 0 Å². The minimum Gasteiger partial charge on any atom is -0.357 e. The van der Waals surface area contributed by atoms with Crippen molar-refractivity contribution in [3.05, 3.63) is 30.1 Å². The fraction of sp³-hybridized carbons (Fsp3) is 0.600. The Kier molecular flexibility index (Phi) is 4.40. The standard InChI is InChI=1S/C20H29N5/c1-3-21-19(24-13-11-20(15-24)9-6-10-20)22-12-14-25-16(2)23-17-7-4-5-8-18(17)25/h4-5,7-8H,3,6,9-15H2,1-2H3,(H,21,22). The zero-order chi connectivity index (χ0) is 17.3. The van der Waals surface area contributed by atoms with Crippen LogP contribution in [-0.2, 0) is 6.54 Å². The van der Waals surface area contributed by atoms with E-state index in [2.05, 4.69) is 51.8 Å². The van der Waals surface area contributed by atoms with Crippen LogP contribution in [0.15, 0.2) is 29.3 Å². The summed E-state index contributed by atoms with van der Waals surface area (Å²) in [4.78, 5) is 12.0. The molecule has 1 saturated carbocycles. The number of aryl methyl sites for hydroxylation is 1. The lowest BCUT2D eigenvalue weighted by atomic mass is 9.68. The molecule has 2 aromatic rings. The van der Waals surface area contributed by atoms with Crippen LogP contribution in [0.25, 0.3) is 11.0 Å². The van der Waals surface area contributed by atoms with Crippen molar-refractivity contribution in [2.45, 2.75) is 46.1 Å². The summed E-state index contributed by atoms with van der Waals surface area (Å²) in [5, 5.41) is 3.49. The summed E-state index contributed by atoms with van der Waals surface area (Å²) in [7, 11) is 0. The first-order chi connectivity index (χ1) is 12.2. The van der Waals surface area contributed by atoms with E-state index in [1.165, 1.54) is 37.7 Å². The number of hydrogen-bond donors (Lipinski definition) is 1. The maximum Gasteiger partial charge on any atom is 0.193 e. The number of nitrogens with one attached hydrogen (secondary N) is 1. The first-order valence-corrected chi connectivity index (χ1v) is 9.66. The quantitative estimate of drug-likeness (QED) is 0.687. The average Bonchev–Trinajstić information content (AvgIpc) is 3.16. The largest absolute Gasteiger partial charge is 0.357 e. The smallest absolute Gasteiger partial charge is 0.193 e. The molecule has 0 bridgehead atoms. The third kappa shape index (κ3) is 3.12. The van der Waals surface area contributed by atoms with Crippen LogP contribution in [0.3, 0.4) is 0 Å². The Labute approximate surface area is 150 Å². The monoisotopic (exact) mass is 339 g/mol. The number of imidazole rings is 1. The van der Waals surface area contributed by atoms with Crippen LogP contribution >= 0.6 is 0 Å². The molecule has 5 heteroatoms. The molecule has 25 heavy (non-hydrogen) atoms. The number of aromatic nitrogens is 2. The molecule has 1 aromatic heterocycles. The first kappa shape index (κ1) is 16.4. The molecule has 1 N–H and O–H groups in total. The number of guanidine groups is 1. The van der Waals surface area contributed by atoms with Crippen LogP contribution in [0.5, 0.6) is 0 Å². The molecule has 0 radical (unpaired) electrons. The van der Waals surface area contributed by atoms with Gasteiger partial charge >= 0.3 is 0 Å². The average molecular weight is 339 g/mol. The van der Waals surface area contributed by atoms with Gasteiger partial charge in [0, 0.05) is 26.2 Å². The molecule has 4 rings (SSSR count). The predicted octanol–water partition coefficient (Wildman–Crippen LogP) is 3.19. The Morgan fingerprint density at radius 2 is 2.12 bits per heavy atom. The summed E-state index contributed by atoms with van der Waals surface area (Å²) < 4.78 is 2.28. The van der Waals surface area contributed by atoms with Crippen molar-refractivity contribution in [1.29, 1.82) is 0 Å². The molecule has 2 aliphatic rings. The van der Waals surface area contributed by atoms with Crippen molar-refractivity contribution in [1.82, 2.24) is 19.8 Å². The van der Waals surface area contributed by atoms with Gasteiger partial charge in [-0.25, -0.2) is 4.98 Å². The Hall–Kier alpha value is -2.04. The number of rotatable bonds is 4. The van der Waals surface area contributed by atoms with Crippen molar-refractivity contribution < 1.29 is 0 Å². The minimum absolute atomic E-state index is 0.604. The predicted molar refractivity (Wildman–Crippen MR) is 103 cm³/mol. The van der Waals surface area contributed by atoms with E-state index in [-0.39, 0.29) is 0 Å². The number of nitrogens with zero attached hydrogens (tertiary/aromatic N) is 4. The van der Waals surface area contributed by atoms with Crippen molar-refractivity contribution in [2.75, 3.05) is 26.2 Å². The van der Waals surface area contributed by atoms with E-state index in [9.17, 15) is 0 Å². The number of fused-ring (bicyclic) bond motifs is 1. The highest BCUT2D eigenvalue weighted by molar-refractivity contribution is 5.80. The molecule has 1 aliphatic heterocycles. The van der Waals surface area contributed by atoms with Gasteiger partial charge in [-0.15, -0.1) is 0 Å². The highest BCUT2D eigenvalue weighted by Gasteiger charge is 2.43. The Morgan fingerprint density at radius 3 is 2.84 bits per heavy atom. The van der Waals surface area contributed by atoms with Gasteiger partial charge in [0.25, 0.3) is 0 Å². The van der Waals surface area contributed by atoms with Gasteiger partial charge in [0.1, 0.15) is 5.82 Å². The van der Waals surface area contributed by atoms with E-state index in [1.807, 2.05) is 6.07 Å². The molecule has 1 aliphatic carbocycles. The molecule has 1 spiro atoms. The molecular weight excluding hydrogens is 310 g/mol. The number of aliphatic imine (C=N–C) groups is 1. The summed E-state index contributed by atoms with van der Waals surface area (Å²) >= 11 is 0. The van der Waals surface area contributed by atoms with E-state index in [0.29, 0.717) is 5.41 Å². The van der Waals surface area contributed by atoms with Gasteiger partial charge in [-0.1, -0.05) is 18.6 Å². The van der Waals surface area contributed by atoms with E-state index < -0.39 is 0 Å². The molecule has 1 aromatic carbocycles. The van der Waals surface area contributed by atoms with E-state index >= 15 is 0 Å². The van der Waals surface area contributed by atoms with E-state index in [1.54, 1.807) is 0 Å². The molecule has 1 saturated heterocycles. The van der Waals surface area contributed by atoms with Crippen molar-refractivity contribution in [3.63, 3.8) is 0 Å². The number of hydrogen-bond acceptors (Lipinski definition) is 2. The minimum atomic E-state index is 0.604. The third-order valence-corrected chi connectivity index (χ3v) is 5.92. The lowest BCUT2D eigenvalue weighted by molar-refractivity contribution is 0.151. The van der Waals surface area contributed by atoms with E-state index in [4.69, 9.17) is 4.99 Å². The van der Waals surface area contributed by atoms with Gasteiger partial charge in [0.2, 0.25) is 0 Å². The van der Waals surface area contributed by atoms with Crippen LogP contribution in [0, 0.1) is 12.3 Å². The topological polar surface area (TPSA) is 45.5 Å². The number of likely N-dealkylation sites (tertiary alicyclic amines) is 1. The maximum absolute atomic E-state index is 4.93. The fourth-order valence-electron chi connectivity index (χ4n) is 4.36. The maximum atomic E-state index is 4.93. The van der Waals surface area contributed by atoms with Crippen molar-refractivity contribution >= 4 is 17.0 Å². The number of para-hydroxylation sites is 2. The van der Waals surface area contributed by atoms with Gasteiger partial charge in [-0.2, -0.15) is 0 Å². The first-order valence-electron chi connectivity index (χ1n) is 9.66. The molecule has 134 valence electrons. The molecule has 0 amide bonds. The Bertz CT molecular complexity index is 771. The van der Waals surface area contributed by atoms with Crippen LogP contribution in [-0.4, -0.2) is 46.6 Å². The second-order valence-corrected chi connectivity index (χ2v) is 7.56. The third-order valence-electron chi connectivity index (χ3n) is 5.92. The SMILES string of the molecule is CCNC(=NCCn1c(C)nc2ccccc21)N1CCC2(CCC2)C1. The Balaban J connectivity index is 1.45. The molecule has 2 fully saturated rings. The van der Waals surface area contributed by atoms with Gasteiger partial charge in [-0.3, -0.25) is 4.99 Å².